The van der Waals surface area contributed by atoms with Crippen LogP contribution in [0.25, 0.3) is 0 Å². The average Bonchev–Trinajstić information content (AvgIpc) is 2.84. The molecule has 1 amide bonds. The van der Waals surface area contributed by atoms with Gasteiger partial charge >= 0.3 is 0 Å². The Morgan fingerprint density at radius 2 is 2.14 bits per heavy atom. The summed E-state index contributed by atoms with van der Waals surface area (Å²) in [5, 5.41) is 9.65. The largest absolute Gasteiger partial charge is 0.349 e. The molecule has 0 aliphatic heterocycles. The summed E-state index contributed by atoms with van der Waals surface area (Å²) in [4.78, 5) is 13.2. The van der Waals surface area contributed by atoms with Gasteiger partial charge in [-0.1, -0.05) is 31.5 Å². The van der Waals surface area contributed by atoms with E-state index in [9.17, 15) is 4.79 Å². The van der Waals surface area contributed by atoms with Crippen molar-refractivity contribution in [2.75, 3.05) is 19.8 Å². The molecule has 0 saturated heterocycles. The molecule has 1 aliphatic carbocycles. The van der Waals surface area contributed by atoms with Crippen LogP contribution in [0.1, 0.15) is 57.3 Å². The summed E-state index contributed by atoms with van der Waals surface area (Å²) in [5.74, 6) is 2.92. The molecule has 2 atom stereocenters. The summed E-state index contributed by atoms with van der Waals surface area (Å²) in [5.41, 5.74) is 0. The first-order chi connectivity index (χ1) is 10.5. The number of carbonyl (C=O) groups is 1. The van der Waals surface area contributed by atoms with Gasteiger partial charge in [0.1, 0.15) is 5.82 Å². The first-order valence-corrected chi connectivity index (χ1v) is 9.22. The molecular weight excluding hydrogens is 296 g/mol. The van der Waals surface area contributed by atoms with Crippen LogP contribution in [0.3, 0.4) is 0 Å². The normalized spacial score (nSPS) is 21.8. The third-order valence-corrected chi connectivity index (χ3v) is 5.40. The molecule has 0 radical (unpaired) electrons. The number of nitrogens with zero attached hydrogens (tertiary/aromatic N) is 4. The van der Waals surface area contributed by atoms with Gasteiger partial charge in [-0.2, -0.15) is 0 Å². The summed E-state index contributed by atoms with van der Waals surface area (Å²) in [6.07, 6.45) is 6.58. The first-order valence-electron chi connectivity index (χ1n) is 8.23. The van der Waals surface area contributed by atoms with E-state index in [1.165, 1.54) is 25.7 Å². The van der Waals surface area contributed by atoms with E-state index in [-0.39, 0.29) is 5.91 Å². The van der Waals surface area contributed by atoms with Gasteiger partial charge in [-0.3, -0.25) is 4.79 Å². The highest BCUT2D eigenvalue weighted by molar-refractivity contribution is 7.99. The van der Waals surface area contributed by atoms with Crippen LogP contribution in [0.5, 0.6) is 0 Å². The molecule has 1 aromatic rings. The summed E-state index contributed by atoms with van der Waals surface area (Å²) < 4.78 is 2.33. The minimum atomic E-state index is 0.194. The number of rotatable bonds is 6. The Balaban J connectivity index is 1.90. The number of aromatic nitrogens is 3. The molecule has 5 nitrogen and oxygen atoms in total. The zero-order valence-corrected chi connectivity index (χ0v) is 15.0. The van der Waals surface area contributed by atoms with E-state index < -0.39 is 0 Å². The van der Waals surface area contributed by atoms with Gasteiger partial charge < -0.3 is 9.47 Å². The maximum absolute atomic E-state index is 11.6. The maximum atomic E-state index is 11.6. The van der Waals surface area contributed by atoms with Crippen LogP contribution in [0.15, 0.2) is 5.16 Å². The van der Waals surface area contributed by atoms with E-state index in [0.717, 1.165) is 29.1 Å². The summed E-state index contributed by atoms with van der Waals surface area (Å²) in [6.45, 7) is 4.39. The van der Waals surface area contributed by atoms with Gasteiger partial charge in [-0.25, -0.2) is 0 Å². The Morgan fingerprint density at radius 3 is 2.82 bits per heavy atom. The summed E-state index contributed by atoms with van der Waals surface area (Å²) in [7, 11) is 3.61. The fourth-order valence-electron chi connectivity index (χ4n) is 3.12. The maximum Gasteiger partial charge on any atom is 0.222 e. The number of hydrogen-bond donors (Lipinski definition) is 0. The number of carbonyl (C=O) groups excluding carboxylic acids is 1. The Bertz CT molecular complexity index is 500. The van der Waals surface area contributed by atoms with Crippen molar-refractivity contribution in [2.45, 2.75) is 63.6 Å². The molecule has 0 bridgehead atoms. The first kappa shape index (κ1) is 17.3. The monoisotopic (exact) mass is 324 g/mol. The lowest BCUT2D eigenvalue weighted by Gasteiger charge is -2.29. The molecule has 1 heterocycles. The van der Waals surface area contributed by atoms with Crippen molar-refractivity contribution in [3.05, 3.63) is 5.82 Å². The van der Waals surface area contributed by atoms with Crippen LogP contribution < -0.4 is 0 Å². The lowest BCUT2D eigenvalue weighted by Crippen LogP contribution is -2.21. The second-order valence-corrected chi connectivity index (χ2v) is 7.63. The topological polar surface area (TPSA) is 51.0 Å². The molecule has 1 saturated carbocycles. The fourth-order valence-corrected chi connectivity index (χ4v) is 4.11. The average molecular weight is 324 g/mol. The molecule has 0 N–H and O–H groups in total. The lowest BCUT2D eigenvalue weighted by atomic mass is 9.87. The Labute approximate surface area is 137 Å². The van der Waals surface area contributed by atoms with Crippen molar-refractivity contribution in [1.29, 1.82) is 0 Å². The van der Waals surface area contributed by atoms with E-state index in [4.69, 9.17) is 0 Å². The molecule has 0 aromatic carbocycles. The zero-order valence-electron chi connectivity index (χ0n) is 14.2. The molecule has 0 unspecified atom stereocenters. The highest BCUT2D eigenvalue weighted by Crippen LogP contribution is 2.35. The number of amides is 1. The fraction of sp³-hybridized carbons (Fsp3) is 0.812. The molecule has 6 heteroatoms. The molecule has 0 spiro atoms. The highest BCUT2D eigenvalue weighted by atomic mass is 32.2. The molecule has 2 rings (SSSR count). The van der Waals surface area contributed by atoms with Gasteiger partial charge in [0.25, 0.3) is 0 Å². The third kappa shape index (κ3) is 4.48. The number of thioether (sulfide) groups is 1. The van der Waals surface area contributed by atoms with E-state index in [1.807, 2.05) is 6.92 Å². The standard InChI is InChI=1S/C16H28N4OS/c1-12-7-5-8-14(11-12)20-13(2)17-18-16(20)22-10-6-9-15(21)19(3)4/h12,14H,5-11H2,1-4H3/t12-,14-/m1/s1. The number of hydrogen-bond acceptors (Lipinski definition) is 4. The minimum absolute atomic E-state index is 0.194. The van der Waals surface area contributed by atoms with Crippen molar-refractivity contribution >= 4 is 17.7 Å². The van der Waals surface area contributed by atoms with E-state index in [0.29, 0.717) is 12.5 Å². The molecule has 1 fully saturated rings. The Kier molecular flexibility index (Phi) is 6.29. The number of aryl methyl sites for hydroxylation is 1. The molecule has 124 valence electrons. The van der Waals surface area contributed by atoms with Gasteiger partial charge in [0.2, 0.25) is 5.91 Å². The van der Waals surface area contributed by atoms with Crippen molar-refractivity contribution in [2.24, 2.45) is 5.92 Å². The van der Waals surface area contributed by atoms with Gasteiger partial charge in [0, 0.05) is 32.3 Å². The second kappa shape index (κ2) is 7.99. The second-order valence-electron chi connectivity index (χ2n) is 6.57. The van der Waals surface area contributed by atoms with Gasteiger partial charge in [-0.15, -0.1) is 10.2 Å². The van der Waals surface area contributed by atoms with Crippen LogP contribution in [0.4, 0.5) is 0 Å². The van der Waals surface area contributed by atoms with E-state index in [1.54, 1.807) is 30.8 Å². The smallest absolute Gasteiger partial charge is 0.222 e. The van der Waals surface area contributed by atoms with Crippen LogP contribution in [-0.2, 0) is 4.79 Å². The van der Waals surface area contributed by atoms with Gasteiger partial charge in [0.15, 0.2) is 5.16 Å². The predicted molar refractivity (Wildman–Crippen MR) is 90.1 cm³/mol. The summed E-state index contributed by atoms with van der Waals surface area (Å²) >= 11 is 1.74. The summed E-state index contributed by atoms with van der Waals surface area (Å²) in [6, 6.07) is 0.546. The van der Waals surface area contributed by atoms with Gasteiger partial charge in [-0.05, 0) is 32.1 Å². The quantitative estimate of drug-likeness (QED) is 0.595. The minimum Gasteiger partial charge on any atom is -0.349 e. The van der Waals surface area contributed by atoms with Crippen LogP contribution in [0, 0.1) is 12.8 Å². The third-order valence-electron chi connectivity index (χ3n) is 4.37. The molecule has 1 aliphatic rings. The van der Waals surface area contributed by atoms with E-state index >= 15 is 0 Å². The van der Waals surface area contributed by atoms with Crippen molar-refractivity contribution in [1.82, 2.24) is 19.7 Å². The lowest BCUT2D eigenvalue weighted by molar-refractivity contribution is -0.128. The van der Waals surface area contributed by atoms with Crippen LogP contribution in [-0.4, -0.2) is 45.4 Å². The zero-order chi connectivity index (χ0) is 16.1. The molecule has 22 heavy (non-hydrogen) atoms. The van der Waals surface area contributed by atoms with Crippen molar-refractivity contribution in [3.63, 3.8) is 0 Å². The van der Waals surface area contributed by atoms with E-state index in [2.05, 4.69) is 21.7 Å². The Hall–Kier alpha value is -1.04. The Morgan fingerprint density at radius 1 is 1.36 bits per heavy atom. The van der Waals surface area contributed by atoms with Crippen LogP contribution >= 0.6 is 11.8 Å². The highest BCUT2D eigenvalue weighted by Gasteiger charge is 2.24. The SMILES string of the molecule is Cc1nnc(SCCCC(=O)N(C)C)n1[C@@H]1CCC[C@@H](C)C1. The predicted octanol–water partition coefficient (Wildman–Crippen LogP) is 3.30. The van der Waals surface area contributed by atoms with Crippen molar-refractivity contribution in [3.8, 4) is 0 Å². The van der Waals surface area contributed by atoms with Crippen LogP contribution in [0.2, 0.25) is 0 Å². The molecule has 1 aromatic heterocycles. The van der Waals surface area contributed by atoms with Gasteiger partial charge in [0.05, 0.1) is 0 Å². The van der Waals surface area contributed by atoms with Crippen molar-refractivity contribution < 1.29 is 4.79 Å². The molecular formula is C16H28N4OS.